The number of imidazole rings is 1. The standard InChI is InChI=1S/C23H27N3OS/c1-16(20-12-8-5-9-13-20)15-24-22(27)18(3)28-23-25-17(2)21(26-23)14-19-10-6-4-7-11-19/h4-13,16,18H,14-15H2,1-3H3,(H,24,27)(H,25,26). The van der Waals surface area contributed by atoms with Gasteiger partial charge in [-0.1, -0.05) is 79.3 Å². The van der Waals surface area contributed by atoms with Crippen molar-refractivity contribution < 1.29 is 4.79 Å². The molecule has 1 amide bonds. The van der Waals surface area contributed by atoms with Crippen LogP contribution in [0.15, 0.2) is 65.8 Å². The van der Waals surface area contributed by atoms with Gasteiger partial charge in [0.1, 0.15) is 0 Å². The molecule has 4 nitrogen and oxygen atoms in total. The predicted octanol–water partition coefficient (Wildman–Crippen LogP) is 4.71. The largest absolute Gasteiger partial charge is 0.355 e. The molecular weight excluding hydrogens is 366 g/mol. The summed E-state index contributed by atoms with van der Waals surface area (Å²) in [5.41, 5.74) is 4.54. The van der Waals surface area contributed by atoms with E-state index in [9.17, 15) is 4.79 Å². The average Bonchev–Trinajstić information content (AvgIpc) is 3.05. The van der Waals surface area contributed by atoms with Crippen LogP contribution in [0, 0.1) is 6.92 Å². The van der Waals surface area contributed by atoms with Crippen molar-refractivity contribution in [3.63, 3.8) is 0 Å². The van der Waals surface area contributed by atoms with E-state index < -0.39 is 0 Å². The number of aromatic nitrogens is 2. The lowest BCUT2D eigenvalue weighted by Crippen LogP contribution is -2.33. The van der Waals surface area contributed by atoms with Gasteiger partial charge in [0.05, 0.1) is 10.9 Å². The Morgan fingerprint density at radius 3 is 2.39 bits per heavy atom. The first-order valence-corrected chi connectivity index (χ1v) is 10.5. The first-order valence-electron chi connectivity index (χ1n) is 9.61. The van der Waals surface area contributed by atoms with Gasteiger partial charge in [-0.05, 0) is 30.9 Å². The maximum atomic E-state index is 12.5. The van der Waals surface area contributed by atoms with Gasteiger partial charge >= 0.3 is 0 Å². The number of nitrogens with zero attached hydrogens (tertiary/aromatic N) is 1. The van der Waals surface area contributed by atoms with Gasteiger partial charge in [0, 0.05) is 18.7 Å². The van der Waals surface area contributed by atoms with Crippen LogP contribution in [0.25, 0.3) is 0 Å². The fraction of sp³-hybridized carbons (Fsp3) is 0.304. The zero-order valence-corrected chi connectivity index (χ0v) is 17.4. The summed E-state index contributed by atoms with van der Waals surface area (Å²) in [4.78, 5) is 20.5. The number of carbonyl (C=O) groups is 1. The van der Waals surface area contributed by atoms with E-state index in [1.807, 2.05) is 50.2 Å². The second-order valence-electron chi connectivity index (χ2n) is 7.09. The summed E-state index contributed by atoms with van der Waals surface area (Å²) in [5, 5.41) is 3.64. The molecule has 1 aromatic heterocycles. The topological polar surface area (TPSA) is 57.8 Å². The molecule has 146 valence electrons. The number of H-pyrrole nitrogens is 1. The Morgan fingerprint density at radius 2 is 1.71 bits per heavy atom. The Kier molecular flexibility index (Phi) is 6.93. The fourth-order valence-corrected chi connectivity index (χ4v) is 3.90. The molecule has 2 atom stereocenters. The van der Waals surface area contributed by atoms with Gasteiger partial charge < -0.3 is 10.3 Å². The maximum Gasteiger partial charge on any atom is 0.233 e. The Balaban J connectivity index is 1.53. The van der Waals surface area contributed by atoms with Crippen LogP contribution in [-0.4, -0.2) is 27.7 Å². The molecule has 0 saturated carbocycles. The average molecular weight is 394 g/mol. The van der Waals surface area contributed by atoms with Crippen LogP contribution < -0.4 is 5.32 Å². The van der Waals surface area contributed by atoms with Gasteiger partial charge in [-0.25, -0.2) is 4.98 Å². The van der Waals surface area contributed by atoms with Gasteiger partial charge in [0.25, 0.3) is 0 Å². The Hall–Kier alpha value is -2.53. The molecule has 0 bridgehead atoms. The molecule has 2 N–H and O–H groups in total. The molecule has 3 aromatic rings. The summed E-state index contributed by atoms with van der Waals surface area (Å²) >= 11 is 1.47. The van der Waals surface area contributed by atoms with Crippen molar-refractivity contribution in [1.29, 1.82) is 0 Å². The van der Waals surface area contributed by atoms with Crippen LogP contribution in [0.1, 0.15) is 42.3 Å². The van der Waals surface area contributed by atoms with E-state index in [0.29, 0.717) is 6.54 Å². The summed E-state index contributed by atoms with van der Waals surface area (Å²) in [6.07, 6.45) is 0.791. The number of hydrogen-bond donors (Lipinski definition) is 2. The van der Waals surface area contributed by atoms with Gasteiger partial charge in [0.15, 0.2) is 5.16 Å². The lowest BCUT2D eigenvalue weighted by molar-refractivity contribution is -0.120. The van der Waals surface area contributed by atoms with Crippen molar-refractivity contribution in [1.82, 2.24) is 15.3 Å². The van der Waals surface area contributed by atoms with Crippen LogP contribution in [0.2, 0.25) is 0 Å². The second kappa shape index (κ2) is 9.60. The van der Waals surface area contributed by atoms with Crippen LogP contribution in [-0.2, 0) is 11.2 Å². The highest BCUT2D eigenvalue weighted by molar-refractivity contribution is 8.00. The predicted molar refractivity (Wildman–Crippen MR) is 116 cm³/mol. The number of thioether (sulfide) groups is 1. The lowest BCUT2D eigenvalue weighted by atomic mass is 10.0. The van der Waals surface area contributed by atoms with Crippen LogP contribution in [0.4, 0.5) is 0 Å². The first kappa shape index (κ1) is 20.2. The van der Waals surface area contributed by atoms with E-state index >= 15 is 0 Å². The minimum Gasteiger partial charge on any atom is -0.355 e. The van der Waals surface area contributed by atoms with E-state index in [4.69, 9.17) is 4.98 Å². The maximum absolute atomic E-state index is 12.5. The van der Waals surface area contributed by atoms with Crippen LogP contribution >= 0.6 is 11.8 Å². The lowest BCUT2D eigenvalue weighted by Gasteiger charge is -2.15. The molecule has 3 rings (SSSR count). The molecule has 1 heterocycles. The van der Waals surface area contributed by atoms with Crippen molar-refractivity contribution in [3.05, 3.63) is 83.2 Å². The molecule has 28 heavy (non-hydrogen) atoms. The van der Waals surface area contributed by atoms with Crippen LogP contribution in [0.3, 0.4) is 0 Å². The smallest absolute Gasteiger partial charge is 0.233 e. The minimum atomic E-state index is -0.210. The van der Waals surface area contributed by atoms with Gasteiger partial charge in [-0.3, -0.25) is 4.79 Å². The highest BCUT2D eigenvalue weighted by atomic mass is 32.2. The summed E-state index contributed by atoms with van der Waals surface area (Å²) < 4.78 is 0. The fourth-order valence-electron chi connectivity index (χ4n) is 3.00. The Morgan fingerprint density at radius 1 is 1.07 bits per heavy atom. The molecule has 0 saturated heterocycles. The first-order chi connectivity index (χ1) is 13.5. The normalized spacial score (nSPS) is 13.1. The molecule has 5 heteroatoms. The second-order valence-corrected chi connectivity index (χ2v) is 8.42. The van der Waals surface area contributed by atoms with Gasteiger partial charge in [0.2, 0.25) is 5.91 Å². The summed E-state index contributed by atoms with van der Waals surface area (Å²) in [5.74, 6) is 0.317. The number of carbonyl (C=O) groups excluding carboxylic acids is 1. The third kappa shape index (κ3) is 5.49. The van der Waals surface area contributed by atoms with Crippen LogP contribution in [0.5, 0.6) is 0 Å². The highest BCUT2D eigenvalue weighted by Crippen LogP contribution is 2.23. The highest BCUT2D eigenvalue weighted by Gasteiger charge is 2.18. The molecule has 0 radical (unpaired) electrons. The number of aromatic amines is 1. The summed E-state index contributed by atoms with van der Waals surface area (Å²) in [7, 11) is 0. The Labute approximate surface area is 171 Å². The van der Waals surface area contributed by atoms with E-state index in [1.54, 1.807) is 0 Å². The number of benzene rings is 2. The monoisotopic (exact) mass is 393 g/mol. The zero-order chi connectivity index (χ0) is 19.9. The Bertz CT molecular complexity index is 893. The van der Waals surface area contributed by atoms with E-state index in [-0.39, 0.29) is 17.1 Å². The number of rotatable bonds is 8. The van der Waals surface area contributed by atoms with Crippen molar-refractivity contribution in [2.24, 2.45) is 0 Å². The number of aryl methyl sites for hydroxylation is 1. The number of nitrogens with one attached hydrogen (secondary N) is 2. The van der Waals surface area contributed by atoms with Crippen molar-refractivity contribution in [3.8, 4) is 0 Å². The molecule has 2 unspecified atom stereocenters. The van der Waals surface area contributed by atoms with E-state index in [1.165, 1.54) is 22.9 Å². The molecule has 0 aliphatic heterocycles. The van der Waals surface area contributed by atoms with Gasteiger partial charge in [-0.15, -0.1) is 0 Å². The third-order valence-corrected chi connectivity index (χ3v) is 5.77. The SMILES string of the molecule is Cc1[nH]c(SC(C)C(=O)NCC(C)c2ccccc2)nc1Cc1ccccc1. The van der Waals surface area contributed by atoms with Gasteiger partial charge in [-0.2, -0.15) is 0 Å². The molecular formula is C23H27N3OS. The minimum absolute atomic E-state index is 0.0337. The molecule has 0 aliphatic rings. The van der Waals surface area contributed by atoms with Crippen molar-refractivity contribution >= 4 is 17.7 Å². The summed E-state index contributed by atoms with van der Waals surface area (Å²) in [6.45, 7) is 6.70. The van der Waals surface area contributed by atoms with E-state index in [2.05, 4.69) is 41.5 Å². The quantitative estimate of drug-likeness (QED) is 0.545. The molecule has 0 spiro atoms. The molecule has 0 fully saturated rings. The molecule has 2 aromatic carbocycles. The zero-order valence-electron chi connectivity index (χ0n) is 16.6. The third-order valence-electron chi connectivity index (χ3n) is 4.79. The summed E-state index contributed by atoms with van der Waals surface area (Å²) in [6, 6.07) is 20.5. The van der Waals surface area contributed by atoms with Crippen molar-refractivity contribution in [2.75, 3.05) is 6.54 Å². The number of amides is 1. The molecule has 0 aliphatic carbocycles. The number of hydrogen-bond acceptors (Lipinski definition) is 3. The van der Waals surface area contributed by atoms with E-state index in [0.717, 1.165) is 23.0 Å². The van der Waals surface area contributed by atoms with Crippen molar-refractivity contribution in [2.45, 2.75) is 43.5 Å².